The van der Waals surface area contributed by atoms with Gasteiger partial charge in [-0.25, -0.2) is 4.98 Å². The first-order chi connectivity index (χ1) is 10.0. The molecule has 2 heterocycles. The molecule has 0 aliphatic heterocycles. The topological polar surface area (TPSA) is 76.9 Å². The number of hydrogen-bond donors (Lipinski definition) is 1. The van der Waals surface area contributed by atoms with Crippen LogP contribution in [-0.2, 0) is 9.13 Å². The minimum Gasteiger partial charge on any atom is -0.383 e. The van der Waals surface area contributed by atoms with Crippen molar-refractivity contribution in [2.45, 2.75) is 6.92 Å². The lowest BCUT2D eigenvalue weighted by Gasteiger charge is -2.13. The SMILES string of the molecule is Cc1cc[n+](-c2ccnc(N)c2P(C)(C)=O)cc1P(C)(C)=O. The fraction of sp³-hybridized carbons (Fsp3) is 0.333. The molecule has 22 heavy (non-hydrogen) atoms. The number of anilines is 1. The predicted octanol–water partition coefficient (Wildman–Crippen LogP) is 1.74. The fourth-order valence-electron chi connectivity index (χ4n) is 2.49. The Bertz CT molecular complexity index is 822. The van der Waals surface area contributed by atoms with E-state index >= 15 is 0 Å². The second-order valence-electron chi connectivity index (χ2n) is 6.19. The Kier molecular flexibility index (Phi) is 4.34. The smallest absolute Gasteiger partial charge is 0.226 e. The lowest BCUT2D eigenvalue weighted by Crippen LogP contribution is -2.39. The van der Waals surface area contributed by atoms with E-state index in [4.69, 9.17) is 5.73 Å². The second-order valence-corrected chi connectivity index (χ2v) is 12.5. The van der Waals surface area contributed by atoms with Crippen molar-refractivity contribution < 1.29 is 13.7 Å². The van der Waals surface area contributed by atoms with Gasteiger partial charge in [0.15, 0.2) is 12.4 Å². The summed E-state index contributed by atoms with van der Waals surface area (Å²) in [6.45, 7) is 8.76. The molecule has 0 saturated heterocycles. The summed E-state index contributed by atoms with van der Waals surface area (Å²) in [5, 5.41) is 1.36. The molecule has 5 nitrogen and oxygen atoms in total. The lowest BCUT2D eigenvalue weighted by atomic mass is 10.3. The number of nitrogens with two attached hydrogens (primary N) is 1. The first kappa shape index (κ1) is 16.9. The van der Waals surface area contributed by atoms with Gasteiger partial charge in [-0.2, -0.15) is 4.57 Å². The maximum atomic E-state index is 12.6. The monoisotopic (exact) mass is 338 g/mol. The maximum Gasteiger partial charge on any atom is 0.226 e. The quantitative estimate of drug-likeness (QED) is 0.683. The Morgan fingerprint density at radius 3 is 2.27 bits per heavy atom. The molecule has 2 aromatic heterocycles. The van der Waals surface area contributed by atoms with Crippen LogP contribution in [0.1, 0.15) is 5.56 Å². The molecular formula is C15H22N3O2P2+. The largest absolute Gasteiger partial charge is 0.383 e. The van der Waals surface area contributed by atoms with Gasteiger partial charge in [0.25, 0.3) is 0 Å². The summed E-state index contributed by atoms with van der Waals surface area (Å²) in [6.07, 6.45) is 5.29. The summed E-state index contributed by atoms with van der Waals surface area (Å²) in [6, 6.07) is 3.69. The van der Waals surface area contributed by atoms with Crippen molar-refractivity contribution in [1.29, 1.82) is 0 Å². The Morgan fingerprint density at radius 2 is 1.73 bits per heavy atom. The average Bonchev–Trinajstić information content (AvgIpc) is 2.36. The van der Waals surface area contributed by atoms with Crippen molar-refractivity contribution in [3.05, 3.63) is 36.3 Å². The summed E-state index contributed by atoms with van der Waals surface area (Å²) in [5.74, 6) is 0.275. The molecule has 0 spiro atoms. The van der Waals surface area contributed by atoms with Crippen LogP contribution >= 0.6 is 14.3 Å². The van der Waals surface area contributed by atoms with E-state index in [1.54, 1.807) is 38.9 Å². The molecule has 0 aliphatic carbocycles. The number of rotatable bonds is 3. The molecule has 0 saturated carbocycles. The van der Waals surface area contributed by atoms with Crippen LogP contribution in [0.4, 0.5) is 5.82 Å². The van der Waals surface area contributed by atoms with Gasteiger partial charge in [-0.15, -0.1) is 0 Å². The molecule has 0 aliphatic rings. The summed E-state index contributed by atoms with van der Waals surface area (Å²) < 4.78 is 26.9. The Balaban J connectivity index is 2.77. The molecule has 2 aromatic rings. The number of nitrogen functional groups attached to an aromatic ring is 1. The molecule has 7 heteroatoms. The zero-order chi connectivity index (χ0) is 16.7. The second kappa shape index (κ2) is 5.64. The highest BCUT2D eigenvalue weighted by Crippen LogP contribution is 2.38. The van der Waals surface area contributed by atoms with E-state index in [9.17, 15) is 9.13 Å². The number of pyridine rings is 2. The van der Waals surface area contributed by atoms with Crippen molar-refractivity contribution in [3.8, 4) is 5.69 Å². The van der Waals surface area contributed by atoms with Gasteiger partial charge in [-0.1, -0.05) is 0 Å². The molecule has 0 bridgehead atoms. The third-order valence-corrected chi connectivity index (χ3v) is 6.64. The highest BCUT2D eigenvalue weighted by molar-refractivity contribution is 7.70. The van der Waals surface area contributed by atoms with Crippen molar-refractivity contribution in [2.75, 3.05) is 32.4 Å². The summed E-state index contributed by atoms with van der Waals surface area (Å²) in [7, 11) is -5.01. The first-order valence-corrected chi connectivity index (χ1v) is 12.1. The van der Waals surface area contributed by atoms with E-state index in [0.717, 1.165) is 16.6 Å². The zero-order valence-corrected chi connectivity index (χ0v) is 15.4. The highest BCUT2D eigenvalue weighted by Gasteiger charge is 2.28. The third-order valence-electron chi connectivity index (χ3n) is 3.48. The van der Waals surface area contributed by atoms with Gasteiger partial charge in [0.2, 0.25) is 5.69 Å². The minimum atomic E-state index is -2.60. The Labute approximate surface area is 131 Å². The molecule has 2 rings (SSSR count). The van der Waals surface area contributed by atoms with E-state index in [1.807, 2.05) is 30.0 Å². The summed E-state index contributed by atoms with van der Waals surface area (Å²) in [4.78, 5) is 4.06. The number of nitrogens with zero attached hydrogens (tertiary/aromatic N) is 2. The zero-order valence-electron chi connectivity index (χ0n) is 13.6. The number of aromatic nitrogens is 2. The standard InChI is InChI=1S/C15H22N3O2P2/c1-11-7-9-18(10-13(11)21(2,3)19)12-6-8-17-15(16)14(12)22(4,5)20/h6-10H,1-5H3,(H2,16,17)/q+1. The van der Waals surface area contributed by atoms with Gasteiger partial charge in [0, 0.05) is 18.3 Å². The minimum absolute atomic E-state index is 0.275. The van der Waals surface area contributed by atoms with Gasteiger partial charge >= 0.3 is 0 Å². The van der Waals surface area contributed by atoms with Crippen LogP contribution in [0.25, 0.3) is 5.69 Å². The average molecular weight is 338 g/mol. The fourth-order valence-corrected chi connectivity index (χ4v) is 5.16. The summed E-state index contributed by atoms with van der Waals surface area (Å²) >= 11 is 0. The first-order valence-electron chi connectivity index (χ1n) is 6.89. The van der Waals surface area contributed by atoms with E-state index in [0.29, 0.717) is 5.30 Å². The van der Waals surface area contributed by atoms with E-state index in [1.165, 1.54) is 0 Å². The molecule has 118 valence electrons. The van der Waals surface area contributed by atoms with Crippen LogP contribution in [0.5, 0.6) is 0 Å². The van der Waals surface area contributed by atoms with Crippen molar-refractivity contribution in [3.63, 3.8) is 0 Å². The molecule has 0 atom stereocenters. The van der Waals surface area contributed by atoms with E-state index < -0.39 is 14.3 Å². The van der Waals surface area contributed by atoms with Crippen LogP contribution in [0.3, 0.4) is 0 Å². The number of hydrogen-bond acceptors (Lipinski definition) is 4. The van der Waals surface area contributed by atoms with Gasteiger partial charge in [-0.05, 0) is 39.1 Å². The van der Waals surface area contributed by atoms with Crippen molar-refractivity contribution in [2.24, 2.45) is 0 Å². The predicted molar refractivity (Wildman–Crippen MR) is 93.1 cm³/mol. The summed E-state index contributed by atoms with van der Waals surface area (Å²) in [5.41, 5.74) is 7.64. The molecule has 0 unspecified atom stereocenters. The van der Waals surface area contributed by atoms with Crippen molar-refractivity contribution in [1.82, 2.24) is 4.98 Å². The highest BCUT2D eigenvalue weighted by atomic mass is 31.2. The van der Waals surface area contributed by atoms with Gasteiger partial charge < -0.3 is 14.9 Å². The third kappa shape index (κ3) is 3.31. The normalized spacial score (nSPS) is 12.4. The van der Waals surface area contributed by atoms with E-state index in [-0.39, 0.29) is 5.82 Å². The van der Waals surface area contributed by atoms with Crippen molar-refractivity contribution >= 4 is 30.7 Å². The van der Waals surface area contributed by atoms with Crippen LogP contribution < -0.4 is 20.9 Å². The molecular weight excluding hydrogens is 316 g/mol. The van der Waals surface area contributed by atoms with Crippen LogP contribution in [-0.4, -0.2) is 31.6 Å². The molecule has 0 amide bonds. The maximum absolute atomic E-state index is 12.6. The van der Waals surface area contributed by atoms with Crippen LogP contribution in [0.15, 0.2) is 30.7 Å². The Hall–Kier alpha value is -1.44. The molecule has 0 radical (unpaired) electrons. The van der Waals surface area contributed by atoms with Crippen LogP contribution in [0.2, 0.25) is 0 Å². The molecule has 0 fully saturated rings. The van der Waals surface area contributed by atoms with Gasteiger partial charge in [-0.3, -0.25) is 0 Å². The lowest BCUT2D eigenvalue weighted by molar-refractivity contribution is -0.593. The molecule has 0 aromatic carbocycles. The number of aryl methyl sites for hydroxylation is 1. The van der Waals surface area contributed by atoms with Crippen LogP contribution in [0, 0.1) is 6.92 Å². The molecule has 2 N–H and O–H groups in total. The van der Waals surface area contributed by atoms with Gasteiger partial charge in [0.05, 0.1) is 5.30 Å². The van der Waals surface area contributed by atoms with Gasteiger partial charge in [0.1, 0.15) is 25.4 Å². The van der Waals surface area contributed by atoms with E-state index in [2.05, 4.69) is 4.98 Å². The Morgan fingerprint density at radius 1 is 1.09 bits per heavy atom.